The highest BCUT2D eigenvalue weighted by atomic mass is 16.1. The van der Waals surface area contributed by atoms with Crippen molar-refractivity contribution in [3.8, 4) is 0 Å². The SMILES string of the molecule is CCCNC(=O)CN=C(N)N1CCC(C)CC1. The second-order valence-corrected chi connectivity index (χ2v) is 4.69. The second kappa shape index (κ2) is 7.14. The van der Waals surface area contributed by atoms with Gasteiger partial charge in [0.15, 0.2) is 5.96 Å². The number of carbonyl (C=O) groups excluding carboxylic acids is 1. The van der Waals surface area contributed by atoms with E-state index in [9.17, 15) is 4.79 Å². The molecule has 17 heavy (non-hydrogen) atoms. The van der Waals surface area contributed by atoms with E-state index < -0.39 is 0 Å². The van der Waals surface area contributed by atoms with Gasteiger partial charge in [0.1, 0.15) is 6.54 Å². The summed E-state index contributed by atoms with van der Waals surface area (Å²) >= 11 is 0. The van der Waals surface area contributed by atoms with E-state index in [1.165, 1.54) is 0 Å². The number of piperidine rings is 1. The van der Waals surface area contributed by atoms with Crippen LogP contribution in [0.25, 0.3) is 0 Å². The summed E-state index contributed by atoms with van der Waals surface area (Å²) in [7, 11) is 0. The van der Waals surface area contributed by atoms with E-state index in [4.69, 9.17) is 5.73 Å². The first kappa shape index (κ1) is 13.8. The predicted octanol–water partition coefficient (Wildman–Crippen LogP) is 0.559. The van der Waals surface area contributed by atoms with Gasteiger partial charge < -0.3 is 16.0 Å². The third-order valence-corrected chi connectivity index (χ3v) is 3.06. The molecule has 0 bridgehead atoms. The zero-order valence-electron chi connectivity index (χ0n) is 10.9. The average molecular weight is 240 g/mol. The molecule has 1 saturated heterocycles. The number of nitrogens with one attached hydrogen (secondary N) is 1. The Morgan fingerprint density at radius 3 is 2.71 bits per heavy atom. The Kier molecular flexibility index (Phi) is 5.80. The van der Waals surface area contributed by atoms with Gasteiger partial charge in [0.05, 0.1) is 0 Å². The van der Waals surface area contributed by atoms with Crippen molar-refractivity contribution in [3.05, 3.63) is 0 Å². The van der Waals surface area contributed by atoms with Gasteiger partial charge >= 0.3 is 0 Å². The van der Waals surface area contributed by atoms with E-state index in [1.54, 1.807) is 0 Å². The zero-order valence-corrected chi connectivity index (χ0v) is 10.9. The number of nitrogens with two attached hydrogens (primary N) is 1. The summed E-state index contributed by atoms with van der Waals surface area (Å²) in [5, 5.41) is 2.78. The first-order valence-corrected chi connectivity index (χ1v) is 6.45. The highest BCUT2D eigenvalue weighted by Gasteiger charge is 2.16. The van der Waals surface area contributed by atoms with E-state index in [1.807, 2.05) is 6.92 Å². The van der Waals surface area contributed by atoms with E-state index in [2.05, 4.69) is 22.1 Å². The van der Waals surface area contributed by atoms with Crippen LogP contribution in [0.15, 0.2) is 4.99 Å². The fourth-order valence-corrected chi connectivity index (χ4v) is 1.81. The maximum absolute atomic E-state index is 11.3. The molecule has 0 unspecified atom stereocenters. The maximum atomic E-state index is 11.3. The highest BCUT2D eigenvalue weighted by Crippen LogP contribution is 2.15. The lowest BCUT2D eigenvalue weighted by Crippen LogP contribution is -2.43. The van der Waals surface area contributed by atoms with Crippen molar-refractivity contribution < 1.29 is 4.79 Å². The van der Waals surface area contributed by atoms with Crippen LogP contribution in [0.1, 0.15) is 33.1 Å². The molecule has 0 atom stereocenters. The van der Waals surface area contributed by atoms with Crippen LogP contribution in [-0.2, 0) is 4.79 Å². The summed E-state index contributed by atoms with van der Waals surface area (Å²) in [5.74, 6) is 1.22. The largest absolute Gasteiger partial charge is 0.370 e. The van der Waals surface area contributed by atoms with Gasteiger partial charge in [-0.05, 0) is 25.2 Å². The van der Waals surface area contributed by atoms with Gasteiger partial charge in [0.2, 0.25) is 5.91 Å². The molecule has 0 aromatic rings. The molecule has 5 heteroatoms. The molecule has 1 amide bonds. The molecule has 0 saturated carbocycles. The van der Waals surface area contributed by atoms with Crippen LogP contribution >= 0.6 is 0 Å². The first-order chi connectivity index (χ1) is 8.13. The molecule has 3 N–H and O–H groups in total. The Bertz CT molecular complexity index is 270. The Hall–Kier alpha value is -1.26. The monoisotopic (exact) mass is 240 g/mol. The van der Waals surface area contributed by atoms with Gasteiger partial charge in [0, 0.05) is 19.6 Å². The molecule has 5 nitrogen and oxygen atoms in total. The van der Waals surface area contributed by atoms with E-state index in [-0.39, 0.29) is 12.5 Å². The normalized spacial score (nSPS) is 18.2. The number of amides is 1. The van der Waals surface area contributed by atoms with Gasteiger partial charge in [-0.3, -0.25) is 4.79 Å². The van der Waals surface area contributed by atoms with Crippen LogP contribution in [0.4, 0.5) is 0 Å². The number of carbonyl (C=O) groups is 1. The quantitative estimate of drug-likeness (QED) is 0.557. The van der Waals surface area contributed by atoms with Crippen molar-refractivity contribution in [1.82, 2.24) is 10.2 Å². The van der Waals surface area contributed by atoms with Crippen molar-refractivity contribution in [2.24, 2.45) is 16.6 Å². The van der Waals surface area contributed by atoms with Crippen molar-refractivity contribution in [3.63, 3.8) is 0 Å². The predicted molar refractivity (Wildman–Crippen MR) is 69.8 cm³/mol. The standard InChI is InChI=1S/C12H24N4O/c1-3-6-14-11(17)9-15-12(13)16-7-4-10(2)5-8-16/h10H,3-9H2,1-2H3,(H2,13,15)(H,14,17). The molecule has 0 aliphatic carbocycles. The molecule has 1 rings (SSSR count). The molecule has 1 fully saturated rings. The molecule has 0 aromatic heterocycles. The van der Waals surface area contributed by atoms with Gasteiger partial charge in [-0.2, -0.15) is 0 Å². The Labute approximate surface area is 103 Å². The number of aliphatic imine (C=N–C) groups is 1. The second-order valence-electron chi connectivity index (χ2n) is 4.69. The fourth-order valence-electron chi connectivity index (χ4n) is 1.81. The van der Waals surface area contributed by atoms with E-state index in [0.29, 0.717) is 12.5 Å². The van der Waals surface area contributed by atoms with Crippen LogP contribution in [-0.4, -0.2) is 42.9 Å². The molecule has 98 valence electrons. The lowest BCUT2D eigenvalue weighted by Gasteiger charge is -2.30. The van der Waals surface area contributed by atoms with Crippen LogP contribution < -0.4 is 11.1 Å². The van der Waals surface area contributed by atoms with Crippen LogP contribution in [0.2, 0.25) is 0 Å². The molecule has 0 aromatic carbocycles. The Morgan fingerprint density at radius 2 is 2.12 bits per heavy atom. The third kappa shape index (κ3) is 5.06. The van der Waals surface area contributed by atoms with Crippen molar-refractivity contribution >= 4 is 11.9 Å². The summed E-state index contributed by atoms with van der Waals surface area (Å²) in [6.07, 6.45) is 3.24. The van der Waals surface area contributed by atoms with Crippen LogP contribution in [0.5, 0.6) is 0 Å². The smallest absolute Gasteiger partial charge is 0.241 e. The summed E-state index contributed by atoms with van der Waals surface area (Å²) in [6, 6.07) is 0. The lowest BCUT2D eigenvalue weighted by molar-refractivity contribution is -0.119. The minimum absolute atomic E-state index is 0.0554. The summed E-state index contributed by atoms with van der Waals surface area (Å²) in [5.41, 5.74) is 5.87. The minimum Gasteiger partial charge on any atom is -0.370 e. The third-order valence-electron chi connectivity index (χ3n) is 3.06. The van der Waals surface area contributed by atoms with Crippen LogP contribution in [0, 0.1) is 5.92 Å². The molecule has 1 heterocycles. The van der Waals surface area contributed by atoms with Gasteiger partial charge in [-0.25, -0.2) is 4.99 Å². The average Bonchev–Trinajstić information content (AvgIpc) is 2.34. The molecular weight excluding hydrogens is 216 g/mol. The van der Waals surface area contributed by atoms with Crippen molar-refractivity contribution in [2.75, 3.05) is 26.2 Å². The fraction of sp³-hybridized carbons (Fsp3) is 0.833. The van der Waals surface area contributed by atoms with Crippen LogP contribution in [0.3, 0.4) is 0 Å². The van der Waals surface area contributed by atoms with Gasteiger partial charge in [0.25, 0.3) is 0 Å². The molecule has 0 spiro atoms. The van der Waals surface area contributed by atoms with Crippen molar-refractivity contribution in [1.29, 1.82) is 0 Å². The summed E-state index contributed by atoms with van der Waals surface area (Å²) < 4.78 is 0. The summed E-state index contributed by atoms with van der Waals surface area (Å²) in [6.45, 7) is 7.02. The molecule has 0 radical (unpaired) electrons. The highest BCUT2D eigenvalue weighted by molar-refractivity contribution is 5.84. The van der Waals surface area contributed by atoms with E-state index >= 15 is 0 Å². The Morgan fingerprint density at radius 1 is 1.47 bits per heavy atom. The summed E-state index contributed by atoms with van der Waals surface area (Å²) in [4.78, 5) is 17.5. The number of rotatable bonds is 4. The topological polar surface area (TPSA) is 70.7 Å². The number of likely N-dealkylation sites (tertiary alicyclic amines) is 1. The number of guanidine groups is 1. The molecular formula is C12H24N4O. The zero-order chi connectivity index (χ0) is 12.7. The number of hydrogen-bond acceptors (Lipinski definition) is 2. The van der Waals surface area contributed by atoms with Gasteiger partial charge in [-0.15, -0.1) is 0 Å². The molecule has 1 aliphatic rings. The number of nitrogens with zero attached hydrogens (tertiary/aromatic N) is 2. The number of hydrogen-bond donors (Lipinski definition) is 2. The van der Waals surface area contributed by atoms with E-state index in [0.717, 1.165) is 38.3 Å². The lowest BCUT2D eigenvalue weighted by atomic mass is 10.00. The van der Waals surface area contributed by atoms with Crippen molar-refractivity contribution in [2.45, 2.75) is 33.1 Å². The molecule has 1 aliphatic heterocycles. The maximum Gasteiger partial charge on any atom is 0.241 e. The Balaban J connectivity index is 2.31. The van der Waals surface area contributed by atoms with Gasteiger partial charge in [-0.1, -0.05) is 13.8 Å². The minimum atomic E-state index is -0.0554. The first-order valence-electron chi connectivity index (χ1n) is 6.45.